The first kappa shape index (κ1) is 20.2. The summed E-state index contributed by atoms with van der Waals surface area (Å²) in [6, 6.07) is 7.27. The monoisotopic (exact) mass is 423 g/mol. The van der Waals surface area contributed by atoms with Gasteiger partial charge in [0.25, 0.3) is 11.8 Å². The molecule has 0 spiro atoms. The van der Waals surface area contributed by atoms with Gasteiger partial charge in [-0.15, -0.1) is 0 Å². The highest BCUT2D eigenvalue weighted by Gasteiger charge is 2.35. The molecule has 3 rings (SSSR count). The SMILES string of the molecule is O=C(NCCNC(=O)[C@H]1CCCN1C(=O)c1ccco1)c1ccc(Cl)c(Cl)c1. The minimum absolute atomic E-state index is 0.216. The molecule has 1 aliphatic rings. The predicted octanol–water partition coefficient (Wildman–Crippen LogP) is 2.74. The van der Waals surface area contributed by atoms with E-state index in [2.05, 4.69) is 10.6 Å². The van der Waals surface area contributed by atoms with Gasteiger partial charge in [0, 0.05) is 25.2 Å². The highest BCUT2D eigenvalue weighted by molar-refractivity contribution is 6.42. The molecular weight excluding hydrogens is 405 g/mol. The van der Waals surface area contributed by atoms with Crippen molar-refractivity contribution in [2.45, 2.75) is 18.9 Å². The van der Waals surface area contributed by atoms with E-state index in [1.807, 2.05) is 0 Å². The van der Waals surface area contributed by atoms with Crippen molar-refractivity contribution in [1.82, 2.24) is 15.5 Å². The van der Waals surface area contributed by atoms with E-state index in [4.69, 9.17) is 27.6 Å². The molecule has 1 fully saturated rings. The number of furan rings is 1. The van der Waals surface area contributed by atoms with Crippen molar-refractivity contribution in [3.63, 3.8) is 0 Å². The third-order valence-corrected chi connectivity index (χ3v) is 5.18. The van der Waals surface area contributed by atoms with Crippen molar-refractivity contribution < 1.29 is 18.8 Å². The molecule has 2 heterocycles. The van der Waals surface area contributed by atoms with Gasteiger partial charge in [-0.2, -0.15) is 0 Å². The molecule has 0 unspecified atom stereocenters. The molecule has 9 heteroatoms. The van der Waals surface area contributed by atoms with E-state index in [0.29, 0.717) is 28.6 Å². The Hall–Kier alpha value is -2.51. The van der Waals surface area contributed by atoms with Crippen LogP contribution in [0.25, 0.3) is 0 Å². The third kappa shape index (κ3) is 4.66. The fraction of sp³-hybridized carbons (Fsp3) is 0.316. The van der Waals surface area contributed by atoms with Crippen LogP contribution >= 0.6 is 23.2 Å². The van der Waals surface area contributed by atoms with Gasteiger partial charge in [0.15, 0.2) is 5.76 Å². The van der Waals surface area contributed by atoms with Crippen molar-refractivity contribution in [2.24, 2.45) is 0 Å². The molecule has 2 N–H and O–H groups in total. The Morgan fingerprint density at radius 2 is 1.89 bits per heavy atom. The zero-order valence-corrected chi connectivity index (χ0v) is 16.4. The van der Waals surface area contributed by atoms with Crippen LogP contribution in [-0.2, 0) is 4.79 Å². The van der Waals surface area contributed by atoms with Crippen molar-refractivity contribution in [2.75, 3.05) is 19.6 Å². The van der Waals surface area contributed by atoms with E-state index in [-0.39, 0.29) is 36.6 Å². The summed E-state index contributed by atoms with van der Waals surface area (Å²) in [5.41, 5.74) is 0.381. The molecular formula is C19H19Cl2N3O4. The number of nitrogens with zero attached hydrogens (tertiary/aromatic N) is 1. The van der Waals surface area contributed by atoms with Gasteiger partial charge in [0.05, 0.1) is 16.3 Å². The topological polar surface area (TPSA) is 91.7 Å². The molecule has 7 nitrogen and oxygen atoms in total. The summed E-state index contributed by atoms with van der Waals surface area (Å²) in [5.74, 6) is -0.645. The predicted molar refractivity (Wildman–Crippen MR) is 105 cm³/mol. The molecule has 1 aromatic heterocycles. The van der Waals surface area contributed by atoms with Crippen molar-refractivity contribution >= 4 is 40.9 Å². The maximum atomic E-state index is 12.4. The summed E-state index contributed by atoms with van der Waals surface area (Å²) in [6.45, 7) is 0.987. The van der Waals surface area contributed by atoms with Crippen LogP contribution in [0.5, 0.6) is 0 Å². The fourth-order valence-electron chi connectivity index (χ4n) is 3.04. The molecule has 1 aliphatic heterocycles. The Balaban J connectivity index is 1.46. The number of nitrogens with one attached hydrogen (secondary N) is 2. The summed E-state index contributed by atoms with van der Waals surface area (Å²) in [4.78, 5) is 38.5. The molecule has 3 amide bonds. The maximum absolute atomic E-state index is 12.4. The first-order chi connectivity index (χ1) is 13.5. The number of hydrogen-bond donors (Lipinski definition) is 2. The van der Waals surface area contributed by atoms with Crippen LogP contribution in [0.1, 0.15) is 33.8 Å². The largest absolute Gasteiger partial charge is 0.459 e. The maximum Gasteiger partial charge on any atom is 0.290 e. The summed E-state index contributed by atoms with van der Waals surface area (Å²) in [6.07, 6.45) is 2.77. The Kier molecular flexibility index (Phi) is 6.59. The Morgan fingerprint density at radius 1 is 1.11 bits per heavy atom. The van der Waals surface area contributed by atoms with Crippen LogP contribution in [0, 0.1) is 0 Å². The van der Waals surface area contributed by atoms with Gasteiger partial charge in [0.1, 0.15) is 6.04 Å². The molecule has 148 valence electrons. The summed E-state index contributed by atoms with van der Waals surface area (Å²) in [7, 11) is 0. The lowest BCUT2D eigenvalue weighted by molar-refractivity contribution is -0.124. The first-order valence-electron chi connectivity index (χ1n) is 8.83. The van der Waals surface area contributed by atoms with E-state index < -0.39 is 6.04 Å². The average Bonchev–Trinajstić information content (AvgIpc) is 3.38. The highest BCUT2D eigenvalue weighted by atomic mass is 35.5. The van der Waals surface area contributed by atoms with Crippen molar-refractivity contribution in [3.05, 3.63) is 58.0 Å². The zero-order chi connectivity index (χ0) is 20.1. The molecule has 0 bridgehead atoms. The smallest absolute Gasteiger partial charge is 0.290 e. The van der Waals surface area contributed by atoms with Gasteiger partial charge < -0.3 is 20.0 Å². The van der Waals surface area contributed by atoms with Gasteiger partial charge in [-0.25, -0.2) is 0 Å². The van der Waals surface area contributed by atoms with Gasteiger partial charge in [-0.3, -0.25) is 14.4 Å². The second-order valence-electron chi connectivity index (χ2n) is 6.31. The molecule has 1 atom stereocenters. The van der Waals surface area contributed by atoms with E-state index in [1.54, 1.807) is 24.3 Å². The van der Waals surface area contributed by atoms with Crippen molar-refractivity contribution in [3.8, 4) is 0 Å². The lowest BCUT2D eigenvalue weighted by Crippen LogP contribution is -2.47. The van der Waals surface area contributed by atoms with E-state index in [0.717, 1.165) is 6.42 Å². The number of hydrogen-bond acceptors (Lipinski definition) is 4. The summed E-state index contributed by atoms with van der Waals surface area (Å²) < 4.78 is 5.13. The molecule has 2 aromatic rings. The normalized spacial score (nSPS) is 16.1. The molecule has 28 heavy (non-hydrogen) atoms. The van der Waals surface area contributed by atoms with Gasteiger partial charge in [-0.1, -0.05) is 23.2 Å². The number of rotatable bonds is 6. The second kappa shape index (κ2) is 9.12. The van der Waals surface area contributed by atoms with E-state index >= 15 is 0 Å². The minimum Gasteiger partial charge on any atom is -0.459 e. The highest BCUT2D eigenvalue weighted by Crippen LogP contribution is 2.22. The summed E-state index contributed by atoms with van der Waals surface area (Å²) >= 11 is 11.7. The number of carbonyl (C=O) groups is 3. The minimum atomic E-state index is -0.539. The Morgan fingerprint density at radius 3 is 2.61 bits per heavy atom. The van der Waals surface area contributed by atoms with Crippen LogP contribution < -0.4 is 10.6 Å². The Bertz CT molecular complexity index is 870. The Labute approximate surface area is 172 Å². The number of carbonyl (C=O) groups excluding carboxylic acids is 3. The quantitative estimate of drug-likeness (QED) is 0.698. The molecule has 0 saturated carbocycles. The fourth-order valence-corrected chi connectivity index (χ4v) is 3.34. The average molecular weight is 424 g/mol. The molecule has 1 aromatic carbocycles. The lowest BCUT2D eigenvalue weighted by atomic mass is 10.2. The van der Waals surface area contributed by atoms with Gasteiger partial charge in [0.2, 0.25) is 5.91 Å². The number of halogens is 2. The number of likely N-dealkylation sites (tertiary alicyclic amines) is 1. The first-order valence-corrected chi connectivity index (χ1v) is 9.58. The lowest BCUT2D eigenvalue weighted by Gasteiger charge is -2.23. The standard InChI is InChI=1S/C19H19Cl2N3O4/c20-13-6-5-12(11-14(13)21)17(25)22-7-8-23-18(26)15-3-1-9-24(15)19(27)16-4-2-10-28-16/h2,4-6,10-11,15H,1,3,7-9H2,(H,22,25)(H,23,26)/t15-/m1/s1. The van der Waals surface area contributed by atoms with Crippen LogP contribution in [0.4, 0.5) is 0 Å². The van der Waals surface area contributed by atoms with Crippen LogP contribution in [-0.4, -0.2) is 48.3 Å². The molecule has 0 radical (unpaired) electrons. The van der Waals surface area contributed by atoms with Gasteiger partial charge >= 0.3 is 0 Å². The zero-order valence-electron chi connectivity index (χ0n) is 14.9. The number of amides is 3. The van der Waals surface area contributed by atoms with Crippen molar-refractivity contribution in [1.29, 1.82) is 0 Å². The van der Waals surface area contributed by atoms with E-state index in [1.165, 1.54) is 17.2 Å². The van der Waals surface area contributed by atoms with Crippen LogP contribution in [0.2, 0.25) is 10.0 Å². The molecule has 1 saturated heterocycles. The summed E-state index contributed by atoms with van der Waals surface area (Å²) in [5, 5.41) is 6.12. The molecule has 0 aliphatic carbocycles. The third-order valence-electron chi connectivity index (χ3n) is 4.44. The van der Waals surface area contributed by atoms with Crippen LogP contribution in [0.3, 0.4) is 0 Å². The second-order valence-corrected chi connectivity index (χ2v) is 7.12. The van der Waals surface area contributed by atoms with E-state index in [9.17, 15) is 14.4 Å². The number of benzene rings is 1. The van der Waals surface area contributed by atoms with Crippen LogP contribution in [0.15, 0.2) is 41.0 Å². The van der Waals surface area contributed by atoms with Gasteiger partial charge in [-0.05, 0) is 43.2 Å².